The quantitative estimate of drug-likeness (QED) is 0.808. The highest BCUT2D eigenvalue weighted by Crippen LogP contribution is 2.36. The van der Waals surface area contributed by atoms with Gasteiger partial charge in [-0.15, -0.1) is 0 Å². The Labute approximate surface area is 141 Å². The van der Waals surface area contributed by atoms with Crippen LogP contribution in [0.2, 0.25) is 0 Å². The second-order valence-electron chi connectivity index (χ2n) is 6.89. The molecule has 2 fully saturated rings. The minimum absolute atomic E-state index is 0.0328. The molecule has 0 bridgehead atoms. The van der Waals surface area contributed by atoms with Gasteiger partial charge < -0.3 is 15.2 Å². The molecule has 6 nitrogen and oxygen atoms in total. The third-order valence-electron chi connectivity index (χ3n) is 4.95. The van der Waals surface area contributed by atoms with Gasteiger partial charge in [0.2, 0.25) is 0 Å². The summed E-state index contributed by atoms with van der Waals surface area (Å²) in [6.07, 6.45) is 2.29. The van der Waals surface area contributed by atoms with Gasteiger partial charge in [0.05, 0.1) is 6.54 Å². The molecule has 24 heavy (non-hydrogen) atoms. The molecule has 6 heteroatoms. The molecule has 1 aromatic carbocycles. The van der Waals surface area contributed by atoms with E-state index in [1.54, 1.807) is 12.1 Å². The number of nitrogens with zero attached hydrogens (tertiary/aromatic N) is 1. The first-order chi connectivity index (χ1) is 11.5. The summed E-state index contributed by atoms with van der Waals surface area (Å²) in [6.45, 7) is 2.15. The van der Waals surface area contributed by atoms with Crippen LogP contribution in [0.3, 0.4) is 0 Å². The van der Waals surface area contributed by atoms with E-state index in [0.29, 0.717) is 24.5 Å². The zero-order valence-corrected chi connectivity index (χ0v) is 13.9. The monoisotopic (exact) mass is 332 g/mol. The van der Waals surface area contributed by atoms with Crippen LogP contribution in [0.5, 0.6) is 5.75 Å². The van der Waals surface area contributed by atoms with Crippen LogP contribution in [0.1, 0.15) is 32.6 Å². The van der Waals surface area contributed by atoms with Gasteiger partial charge in [0.1, 0.15) is 24.0 Å². The van der Waals surface area contributed by atoms with Gasteiger partial charge in [-0.3, -0.25) is 9.69 Å². The smallest absolute Gasteiger partial charge is 0.325 e. The van der Waals surface area contributed by atoms with Gasteiger partial charge in [0.15, 0.2) is 0 Å². The molecule has 1 spiro atoms. The maximum Gasteiger partial charge on any atom is 0.325 e. The first-order valence-corrected chi connectivity index (χ1v) is 8.50. The molecule has 1 saturated heterocycles. The number of urea groups is 1. The SMILES string of the molecule is CC1CCC2(CC1)NC(=O)N(CC(O)COc1ccccc1)C2=O. The summed E-state index contributed by atoms with van der Waals surface area (Å²) in [7, 11) is 0. The minimum Gasteiger partial charge on any atom is -0.491 e. The van der Waals surface area contributed by atoms with Crippen LogP contribution in [0.4, 0.5) is 4.79 Å². The van der Waals surface area contributed by atoms with Crippen LogP contribution < -0.4 is 10.1 Å². The predicted molar refractivity (Wildman–Crippen MR) is 88.6 cm³/mol. The zero-order valence-electron chi connectivity index (χ0n) is 13.9. The number of nitrogens with one attached hydrogen (secondary N) is 1. The van der Waals surface area contributed by atoms with E-state index < -0.39 is 17.7 Å². The summed E-state index contributed by atoms with van der Waals surface area (Å²) < 4.78 is 5.48. The Balaban J connectivity index is 1.56. The number of carbonyl (C=O) groups excluding carboxylic acids is 2. The Bertz CT molecular complexity index is 596. The lowest BCUT2D eigenvalue weighted by Crippen LogP contribution is -2.49. The fourth-order valence-corrected chi connectivity index (χ4v) is 3.41. The number of benzene rings is 1. The number of hydrogen-bond acceptors (Lipinski definition) is 4. The number of aliphatic hydroxyl groups excluding tert-OH is 1. The molecule has 1 heterocycles. The molecule has 1 saturated carbocycles. The van der Waals surface area contributed by atoms with Crippen molar-refractivity contribution in [2.45, 2.75) is 44.2 Å². The Morgan fingerprint density at radius 3 is 2.62 bits per heavy atom. The van der Waals surface area contributed by atoms with Gasteiger partial charge in [0, 0.05) is 0 Å². The third-order valence-corrected chi connectivity index (χ3v) is 4.95. The summed E-state index contributed by atoms with van der Waals surface area (Å²) in [5.41, 5.74) is -0.760. The number of ether oxygens (including phenoxy) is 1. The second-order valence-corrected chi connectivity index (χ2v) is 6.89. The number of hydrogen-bond donors (Lipinski definition) is 2. The highest BCUT2D eigenvalue weighted by Gasteiger charge is 2.52. The average molecular weight is 332 g/mol. The summed E-state index contributed by atoms with van der Waals surface area (Å²) in [5, 5.41) is 13.0. The van der Waals surface area contributed by atoms with Crippen molar-refractivity contribution >= 4 is 11.9 Å². The van der Waals surface area contributed by atoms with Crippen molar-refractivity contribution < 1.29 is 19.4 Å². The van der Waals surface area contributed by atoms with Crippen LogP contribution in [0, 0.1) is 5.92 Å². The van der Waals surface area contributed by atoms with Gasteiger partial charge in [-0.1, -0.05) is 25.1 Å². The molecular formula is C18H24N2O4. The highest BCUT2D eigenvalue weighted by molar-refractivity contribution is 6.07. The Hall–Kier alpha value is -2.08. The molecule has 1 aromatic rings. The first kappa shape index (κ1) is 16.8. The number of amides is 3. The lowest BCUT2D eigenvalue weighted by molar-refractivity contribution is -0.133. The lowest BCUT2D eigenvalue weighted by Gasteiger charge is -2.33. The van der Waals surface area contributed by atoms with E-state index in [0.717, 1.165) is 17.7 Å². The van der Waals surface area contributed by atoms with Crippen molar-refractivity contribution in [3.05, 3.63) is 30.3 Å². The van der Waals surface area contributed by atoms with E-state index in [9.17, 15) is 14.7 Å². The number of para-hydroxylation sites is 1. The topological polar surface area (TPSA) is 78.9 Å². The summed E-state index contributed by atoms with van der Waals surface area (Å²) >= 11 is 0. The normalized spacial score (nSPS) is 28.1. The van der Waals surface area contributed by atoms with Crippen LogP contribution in [0.15, 0.2) is 30.3 Å². The van der Waals surface area contributed by atoms with Gasteiger partial charge in [-0.05, 0) is 43.7 Å². The van der Waals surface area contributed by atoms with Crippen molar-refractivity contribution in [3.8, 4) is 5.75 Å². The molecule has 3 rings (SSSR count). The molecule has 3 amide bonds. The zero-order chi connectivity index (χ0) is 17.2. The van der Waals surface area contributed by atoms with Crippen molar-refractivity contribution in [3.63, 3.8) is 0 Å². The van der Waals surface area contributed by atoms with E-state index in [1.165, 1.54) is 0 Å². The maximum absolute atomic E-state index is 12.7. The van der Waals surface area contributed by atoms with Crippen LogP contribution >= 0.6 is 0 Å². The summed E-state index contributed by atoms with van der Waals surface area (Å²) in [5.74, 6) is 1.02. The minimum atomic E-state index is -0.919. The number of rotatable bonds is 5. The van der Waals surface area contributed by atoms with E-state index in [1.807, 2.05) is 18.2 Å². The molecule has 1 unspecified atom stereocenters. The molecule has 0 aromatic heterocycles. The van der Waals surface area contributed by atoms with Gasteiger partial charge in [-0.25, -0.2) is 4.79 Å². The second kappa shape index (κ2) is 6.81. The van der Waals surface area contributed by atoms with Crippen LogP contribution in [0.25, 0.3) is 0 Å². The largest absolute Gasteiger partial charge is 0.491 e. The number of β-amino-alcohol motifs (C(OH)–C–C–N with tert-alkyl or cyclic N) is 1. The van der Waals surface area contributed by atoms with E-state index in [-0.39, 0.29) is 19.1 Å². The van der Waals surface area contributed by atoms with E-state index >= 15 is 0 Å². The summed E-state index contributed by atoms with van der Waals surface area (Å²) in [6, 6.07) is 8.73. The standard InChI is InChI=1S/C18H24N2O4/c1-13-7-9-18(10-8-13)16(22)20(17(23)19-18)11-14(21)12-24-15-5-3-2-4-6-15/h2-6,13-14,21H,7-12H2,1H3,(H,19,23). The molecular weight excluding hydrogens is 308 g/mol. The fraction of sp³-hybridized carbons (Fsp3) is 0.556. The Morgan fingerprint density at radius 1 is 1.29 bits per heavy atom. The Morgan fingerprint density at radius 2 is 1.96 bits per heavy atom. The first-order valence-electron chi connectivity index (χ1n) is 8.50. The van der Waals surface area contributed by atoms with E-state index in [2.05, 4.69) is 12.2 Å². The van der Waals surface area contributed by atoms with Crippen molar-refractivity contribution in [1.29, 1.82) is 0 Å². The molecule has 1 aliphatic heterocycles. The predicted octanol–water partition coefficient (Wildman–Crippen LogP) is 1.93. The molecule has 130 valence electrons. The molecule has 2 N–H and O–H groups in total. The van der Waals surface area contributed by atoms with Crippen molar-refractivity contribution in [2.75, 3.05) is 13.2 Å². The fourth-order valence-electron chi connectivity index (χ4n) is 3.41. The molecule has 1 aliphatic carbocycles. The maximum atomic E-state index is 12.7. The van der Waals surface area contributed by atoms with Gasteiger partial charge in [-0.2, -0.15) is 0 Å². The van der Waals surface area contributed by atoms with Crippen molar-refractivity contribution in [1.82, 2.24) is 10.2 Å². The molecule has 2 aliphatic rings. The number of carbonyl (C=O) groups is 2. The average Bonchev–Trinajstić information content (AvgIpc) is 2.81. The highest BCUT2D eigenvalue weighted by atomic mass is 16.5. The lowest BCUT2D eigenvalue weighted by atomic mass is 9.77. The number of aliphatic hydroxyl groups is 1. The summed E-state index contributed by atoms with van der Waals surface area (Å²) in [4.78, 5) is 26.0. The molecule has 0 radical (unpaired) electrons. The van der Waals surface area contributed by atoms with Crippen molar-refractivity contribution in [2.24, 2.45) is 5.92 Å². The van der Waals surface area contributed by atoms with Gasteiger partial charge in [0.25, 0.3) is 5.91 Å². The Kier molecular flexibility index (Phi) is 4.76. The molecule has 1 atom stereocenters. The van der Waals surface area contributed by atoms with E-state index in [4.69, 9.17) is 4.74 Å². The van der Waals surface area contributed by atoms with Crippen LogP contribution in [-0.2, 0) is 4.79 Å². The van der Waals surface area contributed by atoms with Crippen LogP contribution in [-0.4, -0.2) is 46.7 Å². The third kappa shape index (κ3) is 3.38. The number of imide groups is 1. The van der Waals surface area contributed by atoms with Gasteiger partial charge >= 0.3 is 6.03 Å².